The van der Waals surface area contributed by atoms with Crippen molar-refractivity contribution in [2.75, 3.05) is 17.2 Å². The highest BCUT2D eigenvalue weighted by molar-refractivity contribution is 6.30. The minimum atomic E-state index is -0.187. The summed E-state index contributed by atoms with van der Waals surface area (Å²) >= 11 is 5.86. The number of anilines is 2. The summed E-state index contributed by atoms with van der Waals surface area (Å²) in [4.78, 5) is 16.8. The molecule has 0 bridgehead atoms. The molecule has 3 aromatic rings. The van der Waals surface area contributed by atoms with E-state index in [0.29, 0.717) is 5.02 Å². The van der Waals surface area contributed by atoms with E-state index in [1.54, 1.807) is 18.2 Å². The van der Waals surface area contributed by atoms with Crippen molar-refractivity contribution in [3.8, 4) is 0 Å². The third-order valence-corrected chi connectivity index (χ3v) is 4.17. The van der Waals surface area contributed by atoms with Crippen molar-refractivity contribution < 1.29 is 4.79 Å². The monoisotopic (exact) mass is 365 g/mol. The lowest BCUT2D eigenvalue weighted by atomic mass is 10.1. The van der Waals surface area contributed by atoms with Crippen molar-refractivity contribution in [2.24, 2.45) is 0 Å². The van der Waals surface area contributed by atoms with Crippen LogP contribution in [0.3, 0.4) is 0 Å². The fraction of sp³-hybridized carbons (Fsp3) is 0.143. The van der Waals surface area contributed by atoms with Crippen LogP contribution in [0.15, 0.2) is 54.6 Å². The van der Waals surface area contributed by atoms with Gasteiger partial charge in [-0.05, 0) is 67.4 Å². The van der Waals surface area contributed by atoms with Gasteiger partial charge in [0, 0.05) is 28.7 Å². The Morgan fingerprint density at radius 2 is 1.92 bits per heavy atom. The Morgan fingerprint density at radius 3 is 2.65 bits per heavy atom. The number of fused-ring (bicyclic) bond motifs is 1. The molecule has 0 aliphatic rings. The third kappa shape index (κ3) is 4.41. The summed E-state index contributed by atoms with van der Waals surface area (Å²) in [5.41, 5.74) is 3.62. The molecule has 1 amide bonds. The lowest BCUT2D eigenvalue weighted by Crippen LogP contribution is -2.07. The summed E-state index contributed by atoms with van der Waals surface area (Å²) < 4.78 is 0. The van der Waals surface area contributed by atoms with Gasteiger partial charge >= 0.3 is 0 Å². The van der Waals surface area contributed by atoms with Gasteiger partial charge in [0.2, 0.25) is 5.91 Å². The van der Waals surface area contributed by atoms with E-state index in [2.05, 4.69) is 21.7 Å². The van der Waals surface area contributed by atoms with Gasteiger partial charge in [0.15, 0.2) is 0 Å². The maximum atomic E-state index is 12.1. The molecule has 5 heteroatoms. The predicted octanol–water partition coefficient (Wildman–Crippen LogP) is 5.28. The number of hydrogen-bond donors (Lipinski definition) is 2. The Balaban J connectivity index is 1.74. The Hall–Kier alpha value is -2.85. The second-order valence-corrected chi connectivity index (χ2v) is 6.40. The van der Waals surface area contributed by atoms with Crippen LogP contribution in [0.2, 0.25) is 5.02 Å². The zero-order valence-corrected chi connectivity index (χ0v) is 15.5. The van der Waals surface area contributed by atoms with E-state index >= 15 is 0 Å². The van der Waals surface area contributed by atoms with Crippen LogP contribution in [-0.4, -0.2) is 17.4 Å². The molecule has 0 fully saturated rings. The molecule has 26 heavy (non-hydrogen) atoms. The van der Waals surface area contributed by atoms with Crippen LogP contribution in [0, 0.1) is 6.92 Å². The minimum absolute atomic E-state index is 0.187. The van der Waals surface area contributed by atoms with E-state index in [-0.39, 0.29) is 5.91 Å². The number of rotatable bonds is 5. The van der Waals surface area contributed by atoms with Gasteiger partial charge in [-0.1, -0.05) is 23.7 Å². The maximum absolute atomic E-state index is 12.1. The SMILES string of the molecule is CCNc1nc2ccc(NC(=O)/C=C/c3ccc(Cl)cc3)cc2cc1C. The Labute approximate surface area is 157 Å². The van der Waals surface area contributed by atoms with Gasteiger partial charge in [-0.15, -0.1) is 0 Å². The van der Waals surface area contributed by atoms with E-state index in [9.17, 15) is 4.79 Å². The first-order valence-corrected chi connectivity index (χ1v) is 8.83. The molecular weight excluding hydrogens is 346 g/mol. The van der Waals surface area contributed by atoms with Crippen molar-refractivity contribution in [1.82, 2.24) is 4.98 Å². The predicted molar refractivity (Wildman–Crippen MR) is 110 cm³/mol. The summed E-state index contributed by atoms with van der Waals surface area (Å²) in [6.45, 7) is 4.89. The highest BCUT2D eigenvalue weighted by Crippen LogP contribution is 2.23. The molecule has 3 rings (SSSR count). The number of aromatic nitrogens is 1. The summed E-state index contributed by atoms with van der Waals surface area (Å²) in [7, 11) is 0. The van der Waals surface area contributed by atoms with Crippen molar-refractivity contribution in [1.29, 1.82) is 0 Å². The van der Waals surface area contributed by atoms with Gasteiger partial charge in [0.05, 0.1) is 5.52 Å². The fourth-order valence-corrected chi connectivity index (χ4v) is 2.76. The molecular formula is C21H20ClN3O. The summed E-state index contributed by atoms with van der Waals surface area (Å²) in [5, 5.41) is 7.79. The highest BCUT2D eigenvalue weighted by Gasteiger charge is 2.05. The quantitative estimate of drug-likeness (QED) is 0.605. The first-order chi connectivity index (χ1) is 12.5. The second-order valence-electron chi connectivity index (χ2n) is 5.97. The average molecular weight is 366 g/mol. The first-order valence-electron chi connectivity index (χ1n) is 8.45. The smallest absolute Gasteiger partial charge is 0.248 e. The van der Waals surface area contributed by atoms with E-state index < -0.39 is 0 Å². The largest absolute Gasteiger partial charge is 0.370 e. The molecule has 0 saturated carbocycles. The van der Waals surface area contributed by atoms with Crippen LogP contribution in [0.4, 0.5) is 11.5 Å². The molecule has 0 aliphatic heterocycles. The van der Waals surface area contributed by atoms with E-state index in [1.165, 1.54) is 6.08 Å². The minimum Gasteiger partial charge on any atom is -0.370 e. The number of aryl methyl sites for hydroxylation is 1. The van der Waals surface area contributed by atoms with Crippen LogP contribution < -0.4 is 10.6 Å². The zero-order chi connectivity index (χ0) is 18.5. The van der Waals surface area contributed by atoms with Gasteiger partial charge in [-0.2, -0.15) is 0 Å². The highest BCUT2D eigenvalue weighted by atomic mass is 35.5. The number of pyridine rings is 1. The lowest BCUT2D eigenvalue weighted by molar-refractivity contribution is -0.111. The molecule has 0 spiro atoms. The molecule has 132 valence electrons. The van der Waals surface area contributed by atoms with Crippen LogP contribution in [-0.2, 0) is 4.79 Å². The number of nitrogens with one attached hydrogen (secondary N) is 2. The topological polar surface area (TPSA) is 54.0 Å². The molecule has 0 unspecified atom stereocenters. The number of carbonyl (C=O) groups is 1. The number of halogens is 1. The van der Waals surface area contributed by atoms with E-state index in [1.807, 2.05) is 44.2 Å². The van der Waals surface area contributed by atoms with Crippen molar-refractivity contribution >= 4 is 46.0 Å². The summed E-state index contributed by atoms with van der Waals surface area (Å²) in [5.74, 6) is 0.705. The Morgan fingerprint density at radius 1 is 1.15 bits per heavy atom. The Bertz CT molecular complexity index is 965. The standard InChI is InChI=1S/C21H20ClN3O/c1-3-23-21-14(2)12-16-13-18(9-10-19(16)25-21)24-20(26)11-6-15-4-7-17(22)8-5-15/h4-13H,3H2,1-2H3,(H,23,25)(H,24,26)/b11-6+. The van der Waals surface area contributed by atoms with Gasteiger partial charge < -0.3 is 10.6 Å². The van der Waals surface area contributed by atoms with E-state index in [0.717, 1.165) is 40.1 Å². The number of hydrogen-bond acceptors (Lipinski definition) is 3. The van der Waals surface area contributed by atoms with Crippen LogP contribution >= 0.6 is 11.6 Å². The average Bonchev–Trinajstić information content (AvgIpc) is 2.62. The second kappa shape index (κ2) is 8.02. The molecule has 2 aromatic carbocycles. The van der Waals surface area contributed by atoms with Gasteiger partial charge in [0.1, 0.15) is 5.82 Å². The van der Waals surface area contributed by atoms with Crippen LogP contribution in [0.5, 0.6) is 0 Å². The third-order valence-electron chi connectivity index (χ3n) is 3.91. The van der Waals surface area contributed by atoms with Crippen LogP contribution in [0.25, 0.3) is 17.0 Å². The van der Waals surface area contributed by atoms with Gasteiger partial charge in [0.25, 0.3) is 0 Å². The molecule has 2 N–H and O–H groups in total. The maximum Gasteiger partial charge on any atom is 0.248 e. The zero-order valence-electron chi connectivity index (χ0n) is 14.7. The van der Waals surface area contributed by atoms with Gasteiger partial charge in [-0.25, -0.2) is 4.98 Å². The molecule has 1 heterocycles. The Kier molecular flexibility index (Phi) is 5.54. The molecule has 0 atom stereocenters. The number of benzene rings is 2. The normalized spacial score (nSPS) is 11.0. The molecule has 4 nitrogen and oxygen atoms in total. The molecule has 0 aliphatic carbocycles. The molecule has 0 saturated heterocycles. The summed E-state index contributed by atoms with van der Waals surface area (Å²) in [6.07, 6.45) is 3.26. The van der Waals surface area contributed by atoms with Crippen molar-refractivity contribution in [3.05, 3.63) is 70.8 Å². The number of carbonyl (C=O) groups excluding carboxylic acids is 1. The van der Waals surface area contributed by atoms with Crippen LogP contribution in [0.1, 0.15) is 18.1 Å². The van der Waals surface area contributed by atoms with Crippen molar-refractivity contribution in [2.45, 2.75) is 13.8 Å². The summed E-state index contributed by atoms with van der Waals surface area (Å²) in [6, 6.07) is 15.1. The van der Waals surface area contributed by atoms with E-state index in [4.69, 9.17) is 11.6 Å². The molecule has 0 radical (unpaired) electrons. The van der Waals surface area contributed by atoms with Gasteiger partial charge in [-0.3, -0.25) is 4.79 Å². The molecule has 1 aromatic heterocycles. The number of nitrogens with zero attached hydrogens (tertiary/aromatic N) is 1. The van der Waals surface area contributed by atoms with Crippen molar-refractivity contribution in [3.63, 3.8) is 0 Å². The fourth-order valence-electron chi connectivity index (χ4n) is 2.64. The number of amides is 1. The lowest BCUT2D eigenvalue weighted by Gasteiger charge is -2.09. The first kappa shape index (κ1) is 18.0.